The topological polar surface area (TPSA) is 123 Å². The van der Waals surface area contributed by atoms with E-state index in [1.165, 1.54) is 13.5 Å². The molecule has 2 saturated carbocycles. The molecule has 3 atom stereocenters. The van der Waals surface area contributed by atoms with E-state index in [-0.39, 0.29) is 30.4 Å². The summed E-state index contributed by atoms with van der Waals surface area (Å²) >= 11 is 6.02. The Labute approximate surface area is 241 Å². The Balaban J connectivity index is 1.40. The van der Waals surface area contributed by atoms with E-state index in [9.17, 15) is 19.2 Å². The zero-order chi connectivity index (χ0) is 28.5. The fraction of sp³-hybridized carbons (Fsp3) is 0.667. The van der Waals surface area contributed by atoms with E-state index in [1.54, 1.807) is 24.3 Å². The second kappa shape index (κ2) is 14.2. The fourth-order valence-corrected chi connectivity index (χ4v) is 6.80. The second-order valence-electron chi connectivity index (χ2n) is 11.7. The van der Waals surface area contributed by atoms with Crippen LogP contribution in [0.1, 0.15) is 89.0 Å². The van der Waals surface area contributed by atoms with Crippen LogP contribution in [0.25, 0.3) is 0 Å². The Morgan fingerprint density at radius 2 is 1.75 bits per heavy atom. The van der Waals surface area contributed by atoms with Crippen LogP contribution >= 0.6 is 11.6 Å². The van der Waals surface area contributed by atoms with Crippen molar-refractivity contribution in [2.24, 2.45) is 11.8 Å². The molecule has 3 aliphatic rings. The Morgan fingerprint density at radius 1 is 1.02 bits per heavy atom. The molecule has 1 aromatic rings. The highest BCUT2D eigenvalue weighted by Crippen LogP contribution is 2.39. The summed E-state index contributed by atoms with van der Waals surface area (Å²) in [5.74, 6) is -1.28. The summed E-state index contributed by atoms with van der Waals surface area (Å²) in [4.78, 5) is 51.9. The van der Waals surface area contributed by atoms with Crippen LogP contribution in [-0.4, -0.2) is 48.6 Å². The van der Waals surface area contributed by atoms with Gasteiger partial charge in [0.15, 0.2) is 0 Å². The summed E-state index contributed by atoms with van der Waals surface area (Å²) in [5.41, 5.74) is 0.523. The summed E-state index contributed by atoms with van der Waals surface area (Å²) in [6.07, 6.45) is 11.0. The van der Waals surface area contributed by atoms with E-state index in [0.29, 0.717) is 17.9 Å². The molecule has 1 aliphatic heterocycles. The van der Waals surface area contributed by atoms with Gasteiger partial charge in [-0.1, -0.05) is 75.1 Å². The lowest BCUT2D eigenvalue weighted by molar-refractivity contribution is -0.146. The number of hydrogen-bond acceptors (Lipinski definition) is 6. The van der Waals surface area contributed by atoms with Gasteiger partial charge in [0.25, 0.3) is 0 Å². The number of nitrogens with one attached hydrogen (secondary N) is 3. The van der Waals surface area contributed by atoms with Crippen LogP contribution in [0.3, 0.4) is 0 Å². The number of esters is 1. The molecule has 1 spiro atoms. The summed E-state index contributed by atoms with van der Waals surface area (Å²) in [6, 6.07) is 5.12. The summed E-state index contributed by atoms with van der Waals surface area (Å²) in [5, 5.41) is 9.24. The average Bonchev–Trinajstić information content (AvgIpc) is 3.24. The van der Waals surface area contributed by atoms with Crippen LogP contribution in [0.5, 0.6) is 0 Å². The van der Waals surface area contributed by atoms with Crippen molar-refractivity contribution in [1.82, 2.24) is 16.0 Å². The van der Waals surface area contributed by atoms with Gasteiger partial charge < -0.3 is 25.4 Å². The van der Waals surface area contributed by atoms with Crippen molar-refractivity contribution in [3.8, 4) is 0 Å². The average molecular weight is 576 g/mol. The molecule has 2 unspecified atom stereocenters. The molecule has 10 heteroatoms. The number of rotatable bonds is 10. The quantitative estimate of drug-likeness (QED) is 0.345. The number of halogens is 1. The monoisotopic (exact) mass is 575 g/mol. The number of alkyl carbamates (subject to hydrolysis) is 1. The molecule has 0 radical (unpaired) electrons. The number of methoxy groups -OCH3 is 1. The van der Waals surface area contributed by atoms with E-state index in [1.807, 2.05) is 0 Å². The van der Waals surface area contributed by atoms with E-state index < -0.39 is 36.0 Å². The predicted molar refractivity (Wildman–Crippen MR) is 150 cm³/mol. The minimum Gasteiger partial charge on any atom is -0.467 e. The summed E-state index contributed by atoms with van der Waals surface area (Å²) in [6.45, 7) is 0.00743. The normalized spacial score (nSPS) is 22.1. The number of hydrogen-bond donors (Lipinski definition) is 3. The highest BCUT2D eigenvalue weighted by atomic mass is 35.5. The van der Waals surface area contributed by atoms with Gasteiger partial charge in [-0.2, -0.15) is 0 Å². The maximum Gasteiger partial charge on any atom is 0.408 e. The first-order valence-electron chi connectivity index (χ1n) is 14.6. The van der Waals surface area contributed by atoms with Crippen LogP contribution in [-0.2, 0) is 30.5 Å². The van der Waals surface area contributed by atoms with Crippen molar-refractivity contribution in [3.05, 3.63) is 34.9 Å². The third kappa shape index (κ3) is 8.35. The van der Waals surface area contributed by atoms with Gasteiger partial charge in [-0.25, -0.2) is 9.59 Å². The first kappa shape index (κ1) is 30.2. The van der Waals surface area contributed by atoms with Crippen LogP contribution in [0.15, 0.2) is 24.3 Å². The fourth-order valence-electron chi connectivity index (χ4n) is 6.59. The highest BCUT2D eigenvalue weighted by Gasteiger charge is 2.46. The van der Waals surface area contributed by atoms with Crippen LogP contribution in [0, 0.1) is 11.8 Å². The lowest BCUT2D eigenvalue weighted by Crippen LogP contribution is -2.53. The molecule has 3 N–H and O–H groups in total. The maximum atomic E-state index is 13.5. The third-order valence-corrected chi connectivity index (χ3v) is 8.93. The Kier molecular flexibility index (Phi) is 10.7. The molecular weight excluding hydrogens is 534 g/mol. The van der Waals surface area contributed by atoms with E-state index >= 15 is 0 Å². The Morgan fingerprint density at radius 3 is 2.45 bits per heavy atom. The lowest BCUT2D eigenvalue weighted by atomic mass is 9.78. The second-order valence-corrected chi connectivity index (χ2v) is 12.1. The standard InChI is InChI=1S/C30H42ClN3O6/c1-39-28(37)25(17-22-18-30(34-26(22)35)13-6-3-7-14-30)32-27(36)24(16-20-9-4-2-5-10-20)33-29(38)40-19-21-11-8-12-23(31)15-21/h8,11-12,15,20,22,24-25H,2-7,9-10,13-14,16-19H2,1H3,(H,32,36)(H,33,38)(H,34,35)/t22?,24-,25?/m0/s1. The first-order chi connectivity index (χ1) is 19.3. The molecule has 0 bridgehead atoms. The number of ether oxygens (including phenoxy) is 2. The van der Waals surface area contributed by atoms with Crippen molar-refractivity contribution in [3.63, 3.8) is 0 Å². The molecule has 1 saturated heterocycles. The van der Waals surface area contributed by atoms with Crippen LogP contribution < -0.4 is 16.0 Å². The predicted octanol–water partition coefficient (Wildman–Crippen LogP) is 4.79. The van der Waals surface area contributed by atoms with Crippen LogP contribution in [0.4, 0.5) is 4.79 Å². The molecule has 3 amide bonds. The minimum atomic E-state index is -0.995. The van der Waals surface area contributed by atoms with Gasteiger partial charge in [0, 0.05) is 16.5 Å². The first-order valence-corrected chi connectivity index (χ1v) is 15.0. The van der Waals surface area contributed by atoms with Crippen LogP contribution in [0.2, 0.25) is 5.02 Å². The van der Waals surface area contributed by atoms with Crippen molar-refractivity contribution < 1.29 is 28.7 Å². The van der Waals surface area contributed by atoms with Gasteiger partial charge in [0.05, 0.1) is 7.11 Å². The number of carbonyl (C=O) groups excluding carboxylic acids is 4. The summed E-state index contributed by atoms with van der Waals surface area (Å²) in [7, 11) is 1.27. The molecule has 0 aromatic heterocycles. The van der Waals surface area contributed by atoms with Crippen molar-refractivity contribution in [1.29, 1.82) is 0 Å². The molecule has 2 aliphatic carbocycles. The number of carbonyl (C=O) groups is 4. The van der Waals surface area contributed by atoms with E-state index in [2.05, 4.69) is 16.0 Å². The zero-order valence-corrected chi connectivity index (χ0v) is 24.1. The molecule has 4 rings (SSSR count). The van der Waals surface area contributed by atoms with E-state index in [0.717, 1.165) is 63.4 Å². The van der Waals surface area contributed by atoms with Gasteiger partial charge in [-0.3, -0.25) is 9.59 Å². The smallest absolute Gasteiger partial charge is 0.408 e. The molecule has 3 fully saturated rings. The van der Waals surface area contributed by atoms with Gasteiger partial charge in [-0.15, -0.1) is 0 Å². The summed E-state index contributed by atoms with van der Waals surface area (Å²) < 4.78 is 10.4. The number of benzene rings is 1. The Hall–Kier alpha value is -2.81. The zero-order valence-electron chi connectivity index (χ0n) is 23.3. The van der Waals surface area contributed by atoms with Crippen molar-refractivity contribution >= 4 is 35.5 Å². The molecule has 1 aromatic carbocycles. The van der Waals surface area contributed by atoms with Crippen molar-refractivity contribution in [2.75, 3.05) is 7.11 Å². The van der Waals surface area contributed by atoms with Crippen molar-refractivity contribution in [2.45, 2.75) is 108 Å². The maximum absolute atomic E-state index is 13.5. The highest BCUT2D eigenvalue weighted by molar-refractivity contribution is 6.30. The lowest BCUT2D eigenvalue weighted by Gasteiger charge is -2.33. The molecule has 40 heavy (non-hydrogen) atoms. The minimum absolute atomic E-state index is 0.00743. The third-order valence-electron chi connectivity index (χ3n) is 8.69. The van der Waals surface area contributed by atoms with Gasteiger partial charge in [0.1, 0.15) is 18.7 Å². The van der Waals surface area contributed by atoms with Gasteiger partial charge in [0.2, 0.25) is 11.8 Å². The van der Waals surface area contributed by atoms with Gasteiger partial charge in [-0.05, 0) is 55.7 Å². The molecular formula is C30H42ClN3O6. The van der Waals surface area contributed by atoms with Gasteiger partial charge >= 0.3 is 12.1 Å². The van der Waals surface area contributed by atoms with E-state index in [4.69, 9.17) is 21.1 Å². The number of amides is 3. The largest absolute Gasteiger partial charge is 0.467 e. The Bertz CT molecular complexity index is 1050. The SMILES string of the molecule is COC(=O)C(CC1CC2(CCCCC2)NC1=O)NC(=O)[C@H](CC1CCCCC1)NC(=O)OCc1cccc(Cl)c1. The molecule has 220 valence electrons. The molecule has 9 nitrogen and oxygen atoms in total. The molecule has 1 heterocycles.